The molecule has 0 saturated heterocycles. The van der Waals surface area contributed by atoms with E-state index in [-0.39, 0.29) is 6.61 Å². The van der Waals surface area contributed by atoms with Gasteiger partial charge in [0.2, 0.25) is 0 Å². The van der Waals surface area contributed by atoms with Gasteiger partial charge in [0.15, 0.2) is 0 Å². The molecule has 0 radical (unpaired) electrons. The molecule has 198 valence electrons. The number of aryl methyl sites for hydroxylation is 1. The van der Waals surface area contributed by atoms with Crippen molar-refractivity contribution in [1.82, 2.24) is 0 Å². The first-order valence-corrected chi connectivity index (χ1v) is 12.9. The number of hydrogen-bond acceptors (Lipinski definition) is 6. The van der Waals surface area contributed by atoms with E-state index < -0.39 is 6.10 Å². The molecule has 6 heteroatoms. The van der Waals surface area contributed by atoms with E-state index in [4.69, 9.17) is 15.2 Å². The van der Waals surface area contributed by atoms with Gasteiger partial charge in [-0.1, -0.05) is 72.8 Å². The van der Waals surface area contributed by atoms with Crippen LogP contribution in [-0.4, -0.2) is 30.5 Å². The Hall–Kier alpha value is -4.00. The lowest BCUT2D eigenvalue weighted by Crippen LogP contribution is -2.29. The summed E-state index contributed by atoms with van der Waals surface area (Å²) in [6, 6.07) is 31.5. The van der Waals surface area contributed by atoms with E-state index in [0.29, 0.717) is 43.1 Å². The molecule has 38 heavy (non-hydrogen) atoms. The summed E-state index contributed by atoms with van der Waals surface area (Å²) in [5, 5.41) is 20.8. The highest BCUT2D eigenvalue weighted by atomic mass is 16.5. The highest BCUT2D eigenvalue weighted by molar-refractivity contribution is 5.59. The fraction of sp³-hybridized carbons (Fsp3) is 0.250. The van der Waals surface area contributed by atoms with Crippen LogP contribution in [0.1, 0.15) is 34.8 Å². The topological polar surface area (TPSA) is 88.2 Å². The minimum atomic E-state index is -0.791. The zero-order valence-corrected chi connectivity index (χ0v) is 21.8. The van der Waals surface area contributed by atoms with Crippen molar-refractivity contribution in [3.63, 3.8) is 0 Å². The first-order valence-electron chi connectivity index (χ1n) is 12.9. The lowest BCUT2D eigenvalue weighted by atomic mass is 10.0. The number of ether oxygens (including phenoxy) is 2. The lowest BCUT2D eigenvalue weighted by molar-refractivity contribution is 0.182. The van der Waals surface area contributed by atoms with Crippen LogP contribution in [0.25, 0.3) is 0 Å². The Morgan fingerprint density at radius 2 is 1.58 bits per heavy atom. The predicted molar refractivity (Wildman–Crippen MR) is 152 cm³/mol. The van der Waals surface area contributed by atoms with E-state index in [9.17, 15) is 10.2 Å². The van der Waals surface area contributed by atoms with Gasteiger partial charge in [-0.3, -0.25) is 0 Å². The Morgan fingerprint density at radius 3 is 2.24 bits per heavy atom. The summed E-state index contributed by atoms with van der Waals surface area (Å²) >= 11 is 0. The fourth-order valence-electron chi connectivity index (χ4n) is 4.45. The zero-order valence-electron chi connectivity index (χ0n) is 21.8. The molecule has 6 nitrogen and oxygen atoms in total. The molecule has 0 saturated carbocycles. The van der Waals surface area contributed by atoms with Crippen molar-refractivity contribution in [2.45, 2.75) is 32.1 Å². The first-order chi connectivity index (χ1) is 18.6. The SMILES string of the molecule is COc1ccc(CCCO)c(N(Cc2ccccc2)C[C@H](O)c2ccc(OCc3ccccc3)c(N)c2)c1. The summed E-state index contributed by atoms with van der Waals surface area (Å²) < 4.78 is 11.4. The van der Waals surface area contributed by atoms with Crippen molar-refractivity contribution in [2.24, 2.45) is 0 Å². The zero-order chi connectivity index (χ0) is 26.7. The maximum Gasteiger partial charge on any atom is 0.142 e. The number of aliphatic hydroxyl groups excluding tert-OH is 2. The third-order valence-electron chi connectivity index (χ3n) is 6.50. The van der Waals surface area contributed by atoms with E-state index in [2.05, 4.69) is 17.0 Å². The first kappa shape index (κ1) is 27.0. The van der Waals surface area contributed by atoms with Crippen LogP contribution in [0.15, 0.2) is 97.1 Å². The summed E-state index contributed by atoms with van der Waals surface area (Å²) in [6.45, 7) is 1.48. The molecule has 0 spiro atoms. The molecule has 0 aliphatic carbocycles. The summed E-state index contributed by atoms with van der Waals surface area (Å²) in [7, 11) is 1.65. The number of rotatable bonds is 13. The van der Waals surface area contributed by atoms with E-state index >= 15 is 0 Å². The van der Waals surface area contributed by atoms with Crippen LogP contribution < -0.4 is 20.1 Å². The molecule has 0 fully saturated rings. The maximum atomic E-state index is 11.3. The van der Waals surface area contributed by atoms with E-state index in [1.54, 1.807) is 13.2 Å². The summed E-state index contributed by atoms with van der Waals surface area (Å²) in [4.78, 5) is 2.16. The maximum absolute atomic E-state index is 11.3. The van der Waals surface area contributed by atoms with Gasteiger partial charge < -0.3 is 30.3 Å². The predicted octanol–water partition coefficient (Wildman–Crippen LogP) is 5.52. The van der Waals surface area contributed by atoms with Crippen molar-refractivity contribution in [1.29, 1.82) is 0 Å². The van der Waals surface area contributed by atoms with Crippen molar-refractivity contribution in [3.05, 3.63) is 119 Å². The van der Waals surface area contributed by atoms with E-state index in [1.165, 1.54) is 0 Å². The van der Waals surface area contributed by atoms with Gasteiger partial charge in [-0.05, 0) is 53.3 Å². The monoisotopic (exact) mass is 512 g/mol. The number of methoxy groups -OCH3 is 1. The molecule has 4 rings (SSSR count). The van der Waals surface area contributed by atoms with Crippen molar-refractivity contribution >= 4 is 11.4 Å². The summed E-state index contributed by atoms with van der Waals surface area (Å²) in [5.41, 5.74) is 11.8. The van der Waals surface area contributed by atoms with Gasteiger partial charge in [-0.25, -0.2) is 0 Å². The van der Waals surface area contributed by atoms with Crippen LogP contribution in [-0.2, 0) is 19.6 Å². The number of anilines is 2. The van der Waals surface area contributed by atoms with Crippen LogP contribution in [0.2, 0.25) is 0 Å². The smallest absolute Gasteiger partial charge is 0.142 e. The van der Waals surface area contributed by atoms with Gasteiger partial charge in [0.1, 0.15) is 18.1 Å². The normalized spacial score (nSPS) is 11.7. The van der Waals surface area contributed by atoms with Gasteiger partial charge in [0.05, 0.1) is 18.9 Å². The molecule has 1 atom stereocenters. The van der Waals surface area contributed by atoms with E-state index in [1.807, 2.05) is 78.9 Å². The third-order valence-corrected chi connectivity index (χ3v) is 6.50. The molecule has 0 aliphatic heterocycles. The molecular weight excluding hydrogens is 476 g/mol. The highest BCUT2D eigenvalue weighted by Crippen LogP contribution is 2.32. The van der Waals surface area contributed by atoms with Crippen LogP contribution in [0.5, 0.6) is 11.5 Å². The number of nitrogens with two attached hydrogens (primary N) is 1. The summed E-state index contributed by atoms with van der Waals surface area (Å²) in [5.74, 6) is 1.33. The van der Waals surface area contributed by atoms with Crippen LogP contribution in [0, 0.1) is 0 Å². The lowest BCUT2D eigenvalue weighted by Gasteiger charge is -2.30. The second-order valence-corrected chi connectivity index (χ2v) is 9.28. The minimum absolute atomic E-state index is 0.116. The molecule has 0 amide bonds. The molecule has 4 N–H and O–H groups in total. The van der Waals surface area contributed by atoms with Gasteiger partial charge in [-0.15, -0.1) is 0 Å². The van der Waals surface area contributed by atoms with Gasteiger partial charge in [-0.2, -0.15) is 0 Å². The number of nitrogens with zero attached hydrogens (tertiary/aromatic N) is 1. The van der Waals surface area contributed by atoms with Crippen molar-refractivity contribution < 1.29 is 19.7 Å². The van der Waals surface area contributed by atoms with Crippen LogP contribution >= 0.6 is 0 Å². The third kappa shape index (κ3) is 7.28. The van der Waals surface area contributed by atoms with E-state index in [0.717, 1.165) is 34.5 Å². The van der Waals surface area contributed by atoms with Crippen molar-refractivity contribution in [3.8, 4) is 11.5 Å². The number of aliphatic hydroxyl groups is 2. The van der Waals surface area contributed by atoms with Gasteiger partial charge >= 0.3 is 0 Å². The highest BCUT2D eigenvalue weighted by Gasteiger charge is 2.19. The van der Waals surface area contributed by atoms with Gasteiger partial charge in [0, 0.05) is 31.5 Å². The Kier molecular flexibility index (Phi) is 9.62. The molecule has 4 aromatic carbocycles. The number of nitrogen functional groups attached to an aromatic ring is 1. The second kappa shape index (κ2) is 13.5. The number of benzene rings is 4. The minimum Gasteiger partial charge on any atom is -0.497 e. The molecule has 0 heterocycles. The molecule has 0 aliphatic rings. The van der Waals surface area contributed by atoms with Crippen LogP contribution in [0.3, 0.4) is 0 Å². The number of hydrogen-bond donors (Lipinski definition) is 3. The average molecular weight is 513 g/mol. The van der Waals surface area contributed by atoms with Gasteiger partial charge in [0.25, 0.3) is 0 Å². The standard InChI is InChI=1S/C32H36N2O4/c1-37-28-16-14-26(13-8-18-35)30(20-28)34(21-24-9-4-2-5-10-24)22-31(36)27-15-17-32(29(33)19-27)38-23-25-11-6-3-7-12-25/h2-7,9-12,14-17,19-20,31,35-36H,8,13,18,21-23,33H2,1H3/t31-/m0/s1. The Balaban J connectivity index is 1.57. The van der Waals surface area contributed by atoms with Crippen molar-refractivity contribution in [2.75, 3.05) is 30.9 Å². The quantitative estimate of drug-likeness (QED) is 0.204. The summed E-state index contributed by atoms with van der Waals surface area (Å²) in [6.07, 6.45) is 0.584. The molecule has 0 bridgehead atoms. The average Bonchev–Trinajstić information content (AvgIpc) is 2.96. The molecule has 0 unspecified atom stereocenters. The fourth-order valence-corrected chi connectivity index (χ4v) is 4.45. The molecular formula is C32H36N2O4. The Morgan fingerprint density at radius 1 is 0.868 bits per heavy atom. The Labute approximate surface area is 224 Å². The Bertz CT molecular complexity index is 1280. The molecule has 0 aromatic heterocycles. The molecule has 4 aromatic rings. The van der Waals surface area contributed by atoms with Crippen LogP contribution in [0.4, 0.5) is 11.4 Å². The largest absolute Gasteiger partial charge is 0.497 e. The second-order valence-electron chi connectivity index (χ2n) is 9.28.